The van der Waals surface area contributed by atoms with Gasteiger partial charge in [-0.3, -0.25) is 4.99 Å². The van der Waals surface area contributed by atoms with Crippen molar-refractivity contribution in [3.63, 3.8) is 0 Å². The number of hydrogen-bond acceptors (Lipinski definition) is 2. The van der Waals surface area contributed by atoms with Gasteiger partial charge in [0.05, 0.1) is 0 Å². The van der Waals surface area contributed by atoms with Gasteiger partial charge in [-0.15, -0.1) is 0 Å². The largest absolute Gasteiger partial charge is 0.356 e. The second-order valence-electron chi connectivity index (χ2n) is 6.71. The Labute approximate surface area is 145 Å². The molecule has 1 aromatic rings. The Morgan fingerprint density at radius 3 is 2.75 bits per heavy atom. The highest BCUT2D eigenvalue weighted by Crippen LogP contribution is 2.16. The summed E-state index contributed by atoms with van der Waals surface area (Å²) in [5.41, 5.74) is 0.914. The third kappa shape index (κ3) is 6.87. The summed E-state index contributed by atoms with van der Waals surface area (Å²) < 4.78 is 13.2. The van der Waals surface area contributed by atoms with Crippen molar-refractivity contribution in [3.05, 3.63) is 35.6 Å². The van der Waals surface area contributed by atoms with E-state index in [1.54, 1.807) is 19.2 Å². The Morgan fingerprint density at radius 2 is 2.04 bits per heavy atom. The SMILES string of the molecule is CN=C(NCCCCN1CCC(C)CC1)NCc1cccc(F)c1. The number of unbranched alkanes of at least 4 members (excludes halogenated alkanes) is 1. The van der Waals surface area contributed by atoms with Gasteiger partial charge < -0.3 is 15.5 Å². The topological polar surface area (TPSA) is 39.7 Å². The molecule has 5 heteroatoms. The number of hydrogen-bond donors (Lipinski definition) is 2. The molecule has 0 aliphatic carbocycles. The summed E-state index contributed by atoms with van der Waals surface area (Å²) >= 11 is 0. The number of guanidine groups is 1. The molecule has 1 fully saturated rings. The third-order valence-electron chi connectivity index (χ3n) is 4.64. The second kappa shape index (κ2) is 10.3. The van der Waals surface area contributed by atoms with E-state index < -0.39 is 0 Å². The van der Waals surface area contributed by atoms with Gasteiger partial charge in [-0.1, -0.05) is 19.1 Å². The van der Waals surface area contributed by atoms with Crippen LogP contribution in [0.15, 0.2) is 29.3 Å². The van der Waals surface area contributed by atoms with Crippen LogP contribution < -0.4 is 10.6 Å². The molecule has 0 unspecified atom stereocenters. The summed E-state index contributed by atoms with van der Waals surface area (Å²) in [5, 5.41) is 6.55. The van der Waals surface area contributed by atoms with Crippen molar-refractivity contribution in [1.82, 2.24) is 15.5 Å². The highest BCUT2D eigenvalue weighted by molar-refractivity contribution is 5.79. The van der Waals surface area contributed by atoms with Gasteiger partial charge in [0.1, 0.15) is 5.82 Å². The van der Waals surface area contributed by atoms with E-state index >= 15 is 0 Å². The zero-order valence-electron chi connectivity index (χ0n) is 15.0. The number of halogens is 1. The van der Waals surface area contributed by atoms with Gasteiger partial charge in [-0.05, 0) is 68.9 Å². The van der Waals surface area contributed by atoms with E-state index in [4.69, 9.17) is 0 Å². The monoisotopic (exact) mass is 334 g/mol. The van der Waals surface area contributed by atoms with Gasteiger partial charge in [0.25, 0.3) is 0 Å². The Morgan fingerprint density at radius 1 is 1.25 bits per heavy atom. The van der Waals surface area contributed by atoms with Gasteiger partial charge in [-0.2, -0.15) is 0 Å². The Hall–Kier alpha value is -1.62. The molecule has 2 N–H and O–H groups in total. The average molecular weight is 334 g/mol. The molecule has 0 aromatic heterocycles. The Kier molecular flexibility index (Phi) is 8.02. The molecule has 0 bridgehead atoms. The second-order valence-corrected chi connectivity index (χ2v) is 6.71. The Bertz CT molecular complexity index is 510. The molecule has 0 amide bonds. The molecule has 1 aliphatic heterocycles. The summed E-state index contributed by atoms with van der Waals surface area (Å²) in [6.07, 6.45) is 5.03. The quantitative estimate of drug-likeness (QED) is 0.457. The number of benzene rings is 1. The zero-order valence-corrected chi connectivity index (χ0v) is 15.0. The van der Waals surface area contributed by atoms with Crippen LogP contribution in [-0.2, 0) is 6.54 Å². The van der Waals surface area contributed by atoms with Gasteiger partial charge >= 0.3 is 0 Å². The van der Waals surface area contributed by atoms with Crippen LogP contribution in [0.1, 0.15) is 38.2 Å². The van der Waals surface area contributed by atoms with Crippen molar-refractivity contribution in [2.75, 3.05) is 33.2 Å². The normalized spacial score (nSPS) is 17.0. The first kappa shape index (κ1) is 18.7. The molecule has 0 radical (unpaired) electrons. The highest BCUT2D eigenvalue weighted by Gasteiger charge is 2.14. The van der Waals surface area contributed by atoms with Gasteiger partial charge in [-0.25, -0.2) is 4.39 Å². The predicted molar refractivity (Wildman–Crippen MR) is 98.7 cm³/mol. The van der Waals surface area contributed by atoms with Crippen LogP contribution in [0.2, 0.25) is 0 Å². The lowest BCUT2D eigenvalue weighted by molar-refractivity contribution is 0.189. The molecule has 1 aliphatic rings. The smallest absolute Gasteiger partial charge is 0.191 e. The predicted octanol–water partition coefficient (Wildman–Crippen LogP) is 3.00. The van der Waals surface area contributed by atoms with E-state index in [1.807, 2.05) is 6.07 Å². The first-order chi connectivity index (χ1) is 11.7. The van der Waals surface area contributed by atoms with Gasteiger partial charge in [0, 0.05) is 20.1 Å². The lowest BCUT2D eigenvalue weighted by atomic mass is 9.99. The molecular weight excluding hydrogens is 303 g/mol. The van der Waals surface area contributed by atoms with Crippen molar-refractivity contribution in [2.24, 2.45) is 10.9 Å². The number of rotatable bonds is 7. The van der Waals surface area contributed by atoms with E-state index in [2.05, 4.69) is 27.4 Å². The molecule has 4 nitrogen and oxygen atoms in total. The van der Waals surface area contributed by atoms with Crippen molar-refractivity contribution in [3.8, 4) is 0 Å². The van der Waals surface area contributed by atoms with E-state index in [9.17, 15) is 4.39 Å². The van der Waals surface area contributed by atoms with Crippen molar-refractivity contribution >= 4 is 5.96 Å². The van der Waals surface area contributed by atoms with Gasteiger partial charge in [0.15, 0.2) is 5.96 Å². The summed E-state index contributed by atoms with van der Waals surface area (Å²) in [6.45, 7) is 7.54. The average Bonchev–Trinajstić information content (AvgIpc) is 2.59. The molecule has 0 spiro atoms. The molecule has 0 saturated carbocycles. The first-order valence-electron chi connectivity index (χ1n) is 9.08. The van der Waals surface area contributed by atoms with Crippen LogP contribution in [0.4, 0.5) is 4.39 Å². The maximum Gasteiger partial charge on any atom is 0.191 e. The van der Waals surface area contributed by atoms with E-state index in [0.717, 1.165) is 30.4 Å². The number of nitrogens with one attached hydrogen (secondary N) is 2. The fourth-order valence-electron chi connectivity index (χ4n) is 3.01. The van der Waals surface area contributed by atoms with Crippen LogP contribution in [0, 0.1) is 11.7 Å². The van der Waals surface area contributed by atoms with E-state index in [1.165, 1.54) is 45.0 Å². The summed E-state index contributed by atoms with van der Waals surface area (Å²) in [5.74, 6) is 1.46. The summed E-state index contributed by atoms with van der Waals surface area (Å²) in [4.78, 5) is 6.79. The molecule has 1 saturated heterocycles. The number of nitrogens with zero attached hydrogens (tertiary/aromatic N) is 2. The maximum absolute atomic E-state index is 13.2. The molecule has 0 atom stereocenters. The van der Waals surface area contributed by atoms with Crippen LogP contribution in [0.25, 0.3) is 0 Å². The minimum atomic E-state index is -0.204. The van der Waals surface area contributed by atoms with Crippen LogP contribution in [-0.4, -0.2) is 44.1 Å². The fraction of sp³-hybridized carbons (Fsp3) is 0.632. The fourth-order valence-corrected chi connectivity index (χ4v) is 3.01. The van der Waals surface area contributed by atoms with E-state index in [-0.39, 0.29) is 5.82 Å². The minimum absolute atomic E-state index is 0.204. The Balaban J connectivity index is 1.56. The first-order valence-corrected chi connectivity index (χ1v) is 9.08. The van der Waals surface area contributed by atoms with Crippen molar-refractivity contribution in [1.29, 1.82) is 0 Å². The maximum atomic E-state index is 13.2. The van der Waals surface area contributed by atoms with Crippen LogP contribution in [0.5, 0.6) is 0 Å². The van der Waals surface area contributed by atoms with Crippen molar-refractivity contribution < 1.29 is 4.39 Å². The third-order valence-corrected chi connectivity index (χ3v) is 4.64. The standard InChI is InChI=1S/C19H31FN4/c1-16-8-12-24(13-9-16)11-4-3-10-22-19(21-2)23-15-17-6-5-7-18(20)14-17/h5-7,14,16H,3-4,8-13,15H2,1-2H3,(H2,21,22,23). The molecule has 24 heavy (non-hydrogen) atoms. The number of piperidine rings is 1. The lowest BCUT2D eigenvalue weighted by Gasteiger charge is -2.30. The number of likely N-dealkylation sites (tertiary alicyclic amines) is 1. The molecule has 2 rings (SSSR count). The summed E-state index contributed by atoms with van der Waals surface area (Å²) in [7, 11) is 1.76. The molecule has 134 valence electrons. The van der Waals surface area contributed by atoms with Gasteiger partial charge in [0.2, 0.25) is 0 Å². The summed E-state index contributed by atoms with van der Waals surface area (Å²) in [6, 6.07) is 6.63. The van der Waals surface area contributed by atoms with Crippen LogP contribution >= 0.6 is 0 Å². The molecular formula is C19H31FN4. The van der Waals surface area contributed by atoms with Crippen LogP contribution in [0.3, 0.4) is 0 Å². The highest BCUT2D eigenvalue weighted by atomic mass is 19.1. The molecule has 1 heterocycles. The zero-order chi connectivity index (χ0) is 17.2. The lowest BCUT2D eigenvalue weighted by Crippen LogP contribution is -2.38. The van der Waals surface area contributed by atoms with Crippen molar-refractivity contribution in [2.45, 2.75) is 39.2 Å². The van der Waals surface area contributed by atoms with E-state index in [0.29, 0.717) is 6.54 Å². The minimum Gasteiger partial charge on any atom is -0.356 e. The molecule has 1 aromatic carbocycles. The number of aliphatic imine (C=N–C) groups is 1.